The number of hydrogen-bond donors (Lipinski definition) is 2. The summed E-state index contributed by atoms with van der Waals surface area (Å²) in [7, 11) is 0. The Balaban J connectivity index is 3.85. The lowest BCUT2D eigenvalue weighted by Crippen LogP contribution is -2.35. The third-order valence-corrected chi connectivity index (χ3v) is 1.05. The molecule has 0 aromatic heterocycles. The highest BCUT2D eigenvalue weighted by Gasteiger charge is 2.19. The number of carboxylic acids is 1. The van der Waals surface area contributed by atoms with Gasteiger partial charge in [-0.1, -0.05) is 0 Å². The Hall–Kier alpha value is -1.10. The Morgan fingerprint density at radius 3 is 2.33 bits per heavy atom. The van der Waals surface area contributed by atoms with Gasteiger partial charge >= 0.3 is 11.9 Å². The van der Waals surface area contributed by atoms with Gasteiger partial charge in [0.15, 0.2) is 0 Å². The third kappa shape index (κ3) is 4.68. The molecule has 0 aromatic carbocycles. The summed E-state index contributed by atoms with van der Waals surface area (Å²) in [5, 5.41) is 8.28. The van der Waals surface area contributed by atoms with E-state index in [-0.39, 0.29) is 6.10 Å². The zero-order valence-electron chi connectivity index (χ0n) is 7.11. The Morgan fingerprint density at radius 2 is 2.00 bits per heavy atom. The van der Waals surface area contributed by atoms with Crippen LogP contribution in [0.1, 0.15) is 20.3 Å². The predicted octanol–water partition coefficient (Wildman–Crippen LogP) is -0.260. The molecular weight excluding hydrogens is 162 g/mol. The molecule has 0 aliphatic carbocycles. The van der Waals surface area contributed by atoms with Crippen LogP contribution in [-0.4, -0.2) is 29.2 Å². The van der Waals surface area contributed by atoms with Gasteiger partial charge in [0.25, 0.3) is 0 Å². The summed E-state index contributed by atoms with van der Waals surface area (Å²) >= 11 is 0. The monoisotopic (exact) mass is 175 g/mol. The second kappa shape index (κ2) is 4.71. The molecule has 0 saturated carbocycles. The number of hydrogen-bond acceptors (Lipinski definition) is 4. The zero-order valence-corrected chi connectivity index (χ0v) is 7.11. The van der Waals surface area contributed by atoms with Crippen LogP contribution < -0.4 is 5.73 Å². The van der Waals surface area contributed by atoms with E-state index in [1.54, 1.807) is 13.8 Å². The summed E-state index contributed by atoms with van der Waals surface area (Å²) in [4.78, 5) is 21.0. The molecular formula is C7H13NO4. The number of rotatable bonds is 4. The van der Waals surface area contributed by atoms with Crippen molar-refractivity contribution in [2.24, 2.45) is 5.73 Å². The Labute approximate surface area is 70.5 Å². The smallest absolute Gasteiger partial charge is 0.323 e. The lowest BCUT2D eigenvalue weighted by Gasteiger charge is -2.11. The van der Waals surface area contributed by atoms with Crippen LogP contribution in [0, 0.1) is 0 Å². The van der Waals surface area contributed by atoms with E-state index in [0.29, 0.717) is 0 Å². The largest absolute Gasteiger partial charge is 0.481 e. The van der Waals surface area contributed by atoms with Gasteiger partial charge in [-0.2, -0.15) is 0 Å². The van der Waals surface area contributed by atoms with Crippen LogP contribution in [0.5, 0.6) is 0 Å². The molecule has 70 valence electrons. The van der Waals surface area contributed by atoms with Crippen molar-refractivity contribution in [1.82, 2.24) is 0 Å². The number of carbonyl (C=O) groups excluding carboxylic acids is 1. The van der Waals surface area contributed by atoms with Gasteiger partial charge in [0.2, 0.25) is 0 Å². The lowest BCUT2D eigenvalue weighted by molar-refractivity contribution is -0.152. The van der Waals surface area contributed by atoms with Gasteiger partial charge < -0.3 is 15.6 Å². The zero-order chi connectivity index (χ0) is 9.72. The van der Waals surface area contributed by atoms with Gasteiger partial charge in [0, 0.05) is 0 Å². The first-order valence-corrected chi connectivity index (χ1v) is 3.61. The van der Waals surface area contributed by atoms with Gasteiger partial charge in [-0.25, -0.2) is 0 Å². The molecule has 0 radical (unpaired) electrons. The van der Waals surface area contributed by atoms with Crippen molar-refractivity contribution in [1.29, 1.82) is 0 Å². The topological polar surface area (TPSA) is 89.6 Å². The average molecular weight is 175 g/mol. The fraction of sp³-hybridized carbons (Fsp3) is 0.714. The predicted molar refractivity (Wildman–Crippen MR) is 41.5 cm³/mol. The van der Waals surface area contributed by atoms with Crippen molar-refractivity contribution in [3.05, 3.63) is 0 Å². The van der Waals surface area contributed by atoms with Crippen LogP contribution in [0.4, 0.5) is 0 Å². The highest BCUT2D eigenvalue weighted by molar-refractivity contribution is 5.81. The summed E-state index contributed by atoms with van der Waals surface area (Å²) in [5.74, 6) is -1.78. The molecule has 12 heavy (non-hydrogen) atoms. The molecule has 5 nitrogen and oxygen atoms in total. The van der Waals surface area contributed by atoms with Crippen molar-refractivity contribution in [2.45, 2.75) is 32.4 Å². The molecule has 0 heterocycles. The van der Waals surface area contributed by atoms with Gasteiger partial charge in [0.1, 0.15) is 6.04 Å². The number of carbonyl (C=O) groups is 2. The van der Waals surface area contributed by atoms with Crippen LogP contribution in [-0.2, 0) is 14.3 Å². The Morgan fingerprint density at radius 1 is 1.50 bits per heavy atom. The molecule has 0 amide bonds. The highest BCUT2D eigenvalue weighted by Crippen LogP contribution is 1.96. The first-order chi connectivity index (χ1) is 5.43. The standard InChI is InChI=1S/C7H13NO4/c1-4(2)12-7(11)5(8)3-6(9)10/h4-5H,3,8H2,1-2H3,(H,9,10)/t5-/m0/s1. The maximum absolute atomic E-state index is 10.9. The van der Waals surface area contributed by atoms with E-state index in [1.807, 2.05) is 0 Å². The second-order valence-corrected chi connectivity index (χ2v) is 2.69. The molecule has 5 heteroatoms. The fourth-order valence-corrected chi connectivity index (χ4v) is 0.591. The molecule has 3 N–H and O–H groups in total. The van der Waals surface area contributed by atoms with E-state index < -0.39 is 24.4 Å². The Kier molecular flexibility index (Phi) is 4.28. The lowest BCUT2D eigenvalue weighted by atomic mass is 10.2. The molecule has 0 bridgehead atoms. The summed E-state index contributed by atoms with van der Waals surface area (Å²) in [6, 6.07) is -1.06. The number of carboxylic acid groups (broad SMARTS) is 1. The van der Waals surface area contributed by atoms with E-state index in [1.165, 1.54) is 0 Å². The molecule has 0 rings (SSSR count). The van der Waals surface area contributed by atoms with E-state index in [9.17, 15) is 9.59 Å². The van der Waals surface area contributed by atoms with E-state index in [4.69, 9.17) is 10.8 Å². The molecule has 0 saturated heterocycles. The van der Waals surface area contributed by atoms with Crippen molar-refractivity contribution in [3.8, 4) is 0 Å². The first-order valence-electron chi connectivity index (χ1n) is 3.61. The second-order valence-electron chi connectivity index (χ2n) is 2.69. The molecule has 0 aromatic rings. The minimum absolute atomic E-state index is 0.266. The molecule has 0 fully saturated rings. The molecule has 0 unspecified atom stereocenters. The van der Waals surface area contributed by atoms with E-state index in [0.717, 1.165) is 0 Å². The summed E-state index contributed by atoms with van der Waals surface area (Å²) in [5.41, 5.74) is 5.21. The minimum atomic E-state index is -1.11. The number of aliphatic carboxylic acids is 1. The maximum atomic E-state index is 10.9. The molecule has 0 aliphatic rings. The van der Waals surface area contributed by atoms with Crippen LogP contribution in [0.2, 0.25) is 0 Å². The minimum Gasteiger partial charge on any atom is -0.481 e. The molecule has 0 aliphatic heterocycles. The van der Waals surface area contributed by atoms with Crippen LogP contribution >= 0.6 is 0 Å². The van der Waals surface area contributed by atoms with Crippen LogP contribution in [0.15, 0.2) is 0 Å². The maximum Gasteiger partial charge on any atom is 0.323 e. The third-order valence-electron chi connectivity index (χ3n) is 1.05. The molecule has 1 atom stereocenters. The van der Waals surface area contributed by atoms with E-state index >= 15 is 0 Å². The normalized spacial score (nSPS) is 12.7. The van der Waals surface area contributed by atoms with Crippen LogP contribution in [0.25, 0.3) is 0 Å². The van der Waals surface area contributed by atoms with Gasteiger partial charge in [0.05, 0.1) is 12.5 Å². The average Bonchev–Trinajstić information content (AvgIpc) is 1.84. The van der Waals surface area contributed by atoms with Gasteiger partial charge in [-0.3, -0.25) is 9.59 Å². The summed E-state index contributed by atoms with van der Waals surface area (Å²) < 4.78 is 4.69. The SMILES string of the molecule is CC(C)OC(=O)[C@@H](N)CC(=O)O. The number of esters is 1. The van der Waals surface area contributed by atoms with Crippen molar-refractivity contribution in [3.63, 3.8) is 0 Å². The first kappa shape index (κ1) is 10.9. The van der Waals surface area contributed by atoms with E-state index in [2.05, 4.69) is 4.74 Å². The quantitative estimate of drug-likeness (QED) is 0.574. The number of ether oxygens (including phenoxy) is 1. The van der Waals surface area contributed by atoms with Crippen LogP contribution in [0.3, 0.4) is 0 Å². The van der Waals surface area contributed by atoms with Crippen molar-refractivity contribution >= 4 is 11.9 Å². The summed E-state index contributed by atoms with van der Waals surface area (Å²) in [6.07, 6.45) is -0.664. The number of nitrogens with two attached hydrogens (primary N) is 1. The molecule has 0 spiro atoms. The van der Waals surface area contributed by atoms with Gasteiger partial charge in [-0.15, -0.1) is 0 Å². The van der Waals surface area contributed by atoms with Crippen molar-refractivity contribution < 1.29 is 19.4 Å². The Bertz CT molecular complexity index is 178. The highest BCUT2D eigenvalue weighted by atomic mass is 16.5. The fourth-order valence-electron chi connectivity index (χ4n) is 0.591. The van der Waals surface area contributed by atoms with Crippen molar-refractivity contribution in [2.75, 3.05) is 0 Å². The van der Waals surface area contributed by atoms with Gasteiger partial charge in [-0.05, 0) is 13.8 Å². The summed E-state index contributed by atoms with van der Waals surface area (Å²) in [6.45, 7) is 3.34.